The Morgan fingerprint density at radius 1 is 1.23 bits per heavy atom. The van der Waals surface area contributed by atoms with Crippen molar-refractivity contribution in [3.63, 3.8) is 0 Å². The van der Waals surface area contributed by atoms with Gasteiger partial charge in [0.15, 0.2) is 0 Å². The van der Waals surface area contributed by atoms with Crippen LogP contribution in [0.5, 0.6) is 0 Å². The number of hydrogen-bond acceptors (Lipinski definition) is 5. The molecule has 2 aliphatic rings. The third-order valence-electron chi connectivity index (χ3n) is 5.10. The molecule has 0 radical (unpaired) electrons. The Labute approximate surface area is 150 Å². The number of hydrogen-bond donors (Lipinski definition) is 1. The maximum Gasteiger partial charge on any atom is 0.236 e. The highest BCUT2D eigenvalue weighted by Gasteiger charge is 2.30. The number of carbonyl (C=O) groups excluding carboxylic acids is 2. The number of aromatic nitrogens is 3. The first kappa shape index (κ1) is 16.5. The van der Waals surface area contributed by atoms with Crippen molar-refractivity contribution >= 4 is 28.7 Å². The van der Waals surface area contributed by atoms with Gasteiger partial charge in [-0.3, -0.25) is 9.59 Å². The molecule has 2 aromatic rings. The molecule has 4 rings (SSSR count). The van der Waals surface area contributed by atoms with Crippen LogP contribution in [0, 0.1) is 17.2 Å². The van der Waals surface area contributed by atoms with Crippen LogP contribution in [0.3, 0.4) is 0 Å². The van der Waals surface area contributed by atoms with Crippen molar-refractivity contribution in [2.75, 3.05) is 18.4 Å². The van der Waals surface area contributed by atoms with Gasteiger partial charge in [0.2, 0.25) is 11.8 Å². The molecule has 0 unspecified atom stereocenters. The standard InChI is InChI=1S/C18H20N6O2/c19-6-3-17(25)23-7-4-13(5-8-23)24-11-21-14-10-20-16(9-15(14)24)22-18(26)12-1-2-12/h9-13H,1-5,7-8H2,(H,20,22,26). The second-order valence-corrected chi connectivity index (χ2v) is 6.92. The molecule has 1 saturated heterocycles. The number of nitrogens with one attached hydrogen (secondary N) is 1. The molecule has 0 spiro atoms. The Morgan fingerprint density at radius 2 is 2.00 bits per heavy atom. The van der Waals surface area contributed by atoms with Gasteiger partial charge in [-0.25, -0.2) is 9.97 Å². The van der Waals surface area contributed by atoms with Gasteiger partial charge in [-0.05, 0) is 25.7 Å². The summed E-state index contributed by atoms with van der Waals surface area (Å²) in [4.78, 5) is 34.2. The van der Waals surface area contributed by atoms with Crippen LogP contribution in [0.4, 0.5) is 5.82 Å². The van der Waals surface area contributed by atoms with Crippen molar-refractivity contribution in [1.82, 2.24) is 19.4 Å². The van der Waals surface area contributed by atoms with Crippen LogP contribution in [0.1, 0.15) is 38.1 Å². The zero-order chi connectivity index (χ0) is 18.1. The molecule has 2 amide bonds. The zero-order valence-electron chi connectivity index (χ0n) is 14.4. The third-order valence-corrected chi connectivity index (χ3v) is 5.10. The summed E-state index contributed by atoms with van der Waals surface area (Å²) in [5, 5.41) is 11.5. The average molecular weight is 352 g/mol. The fraction of sp³-hybridized carbons (Fsp3) is 0.500. The monoisotopic (exact) mass is 352 g/mol. The number of rotatable bonds is 4. The minimum atomic E-state index is -0.101. The summed E-state index contributed by atoms with van der Waals surface area (Å²) in [7, 11) is 0. The predicted molar refractivity (Wildman–Crippen MR) is 94.0 cm³/mol. The van der Waals surface area contributed by atoms with E-state index in [0.29, 0.717) is 18.9 Å². The summed E-state index contributed by atoms with van der Waals surface area (Å²) in [5.74, 6) is 0.619. The number of anilines is 1. The Kier molecular flexibility index (Phi) is 4.29. The molecule has 2 aromatic heterocycles. The molecule has 0 atom stereocenters. The van der Waals surface area contributed by atoms with Crippen molar-refractivity contribution in [2.24, 2.45) is 5.92 Å². The summed E-state index contributed by atoms with van der Waals surface area (Å²) in [6.45, 7) is 1.28. The molecule has 1 aliphatic heterocycles. The van der Waals surface area contributed by atoms with Crippen molar-refractivity contribution in [2.45, 2.75) is 38.1 Å². The second kappa shape index (κ2) is 6.75. The number of amides is 2. The van der Waals surface area contributed by atoms with Crippen LogP contribution in [-0.4, -0.2) is 44.3 Å². The van der Waals surface area contributed by atoms with E-state index in [-0.39, 0.29) is 30.2 Å². The van der Waals surface area contributed by atoms with E-state index in [0.717, 1.165) is 36.7 Å². The van der Waals surface area contributed by atoms with Crippen LogP contribution in [0.15, 0.2) is 18.6 Å². The number of carbonyl (C=O) groups is 2. The maximum atomic E-state index is 12.0. The minimum Gasteiger partial charge on any atom is -0.342 e. The van der Waals surface area contributed by atoms with E-state index in [1.54, 1.807) is 17.4 Å². The Hall–Kier alpha value is -2.95. The fourth-order valence-electron chi connectivity index (χ4n) is 3.44. The lowest BCUT2D eigenvalue weighted by Gasteiger charge is -2.32. The van der Waals surface area contributed by atoms with Crippen molar-refractivity contribution in [3.8, 4) is 6.07 Å². The molecule has 8 nitrogen and oxygen atoms in total. The van der Waals surface area contributed by atoms with E-state index in [1.807, 2.05) is 12.1 Å². The highest BCUT2D eigenvalue weighted by atomic mass is 16.2. The quantitative estimate of drug-likeness (QED) is 0.904. The number of imidazole rings is 1. The number of nitrogens with zero attached hydrogens (tertiary/aromatic N) is 5. The number of fused-ring (bicyclic) bond motifs is 1. The van der Waals surface area contributed by atoms with Crippen molar-refractivity contribution < 1.29 is 9.59 Å². The first-order valence-corrected chi connectivity index (χ1v) is 8.94. The minimum absolute atomic E-state index is 0.0345. The number of nitriles is 1. The van der Waals surface area contributed by atoms with Gasteiger partial charge in [0.05, 0.1) is 24.1 Å². The van der Waals surface area contributed by atoms with E-state index in [9.17, 15) is 9.59 Å². The van der Waals surface area contributed by atoms with Gasteiger partial charge >= 0.3 is 0 Å². The predicted octanol–water partition coefficient (Wildman–Crippen LogP) is 1.86. The Morgan fingerprint density at radius 3 is 2.69 bits per heavy atom. The van der Waals surface area contributed by atoms with Crippen LogP contribution < -0.4 is 5.32 Å². The van der Waals surface area contributed by atoms with E-state index >= 15 is 0 Å². The summed E-state index contributed by atoms with van der Waals surface area (Å²) < 4.78 is 2.11. The molecule has 2 fully saturated rings. The smallest absolute Gasteiger partial charge is 0.236 e. The van der Waals surface area contributed by atoms with Crippen LogP contribution in [-0.2, 0) is 9.59 Å². The number of likely N-dealkylation sites (tertiary alicyclic amines) is 1. The number of piperidine rings is 1. The lowest BCUT2D eigenvalue weighted by molar-refractivity contribution is -0.131. The van der Waals surface area contributed by atoms with Crippen LogP contribution in [0.25, 0.3) is 11.0 Å². The molecule has 26 heavy (non-hydrogen) atoms. The molecule has 1 aliphatic carbocycles. The molecule has 134 valence electrons. The topological polar surface area (TPSA) is 104 Å². The fourth-order valence-corrected chi connectivity index (χ4v) is 3.44. The Balaban J connectivity index is 1.49. The maximum absolute atomic E-state index is 12.0. The summed E-state index contributed by atoms with van der Waals surface area (Å²) in [6.07, 6.45) is 6.96. The normalized spacial score (nSPS) is 17.9. The summed E-state index contributed by atoms with van der Waals surface area (Å²) >= 11 is 0. The average Bonchev–Trinajstić information content (AvgIpc) is 3.42. The highest BCUT2D eigenvalue weighted by Crippen LogP contribution is 2.31. The summed E-state index contributed by atoms with van der Waals surface area (Å²) in [5.41, 5.74) is 1.73. The van der Waals surface area contributed by atoms with Crippen molar-refractivity contribution in [1.29, 1.82) is 5.26 Å². The van der Waals surface area contributed by atoms with Gasteiger partial charge in [0.1, 0.15) is 17.8 Å². The van der Waals surface area contributed by atoms with E-state index in [4.69, 9.17) is 5.26 Å². The van der Waals surface area contributed by atoms with Gasteiger partial charge in [-0.15, -0.1) is 0 Å². The SMILES string of the molecule is N#CCC(=O)N1CCC(n2cnc3cnc(NC(=O)C4CC4)cc32)CC1. The Bertz CT molecular complexity index is 887. The van der Waals surface area contributed by atoms with Gasteiger partial charge in [0, 0.05) is 31.1 Å². The lowest BCUT2D eigenvalue weighted by Crippen LogP contribution is -2.38. The molecular weight excluding hydrogens is 332 g/mol. The zero-order valence-corrected chi connectivity index (χ0v) is 14.4. The van der Waals surface area contributed by atoms with Crippen LogP contribution in [0.2, 0.25) is 0 Å². The second-order valence-electron chi connectivity index (χ2n) is 6.92. The first-order valence-electron chi connectivity index (χ1n) is 8.94. The largest absolute Gasteiger partial charge is 0.342 e. The molecule has 1 saturated carbocycles. The molecular formula is C18H20N6O2. The van der Waals surface area contributed by atoms with Gasteiger partial charge < -0.3 is 14.8 Å². The van der Waals surface area contributed by atoms with Gasteiger partial charge in [0.25, 0.3) is 0 Å². The van der Waals surface area contributed by atoms with Crippen molar-refractivity contribution in [3.05, 3.63) is 18.6 Å². The summed E-state index contributed by atoms with van der Waals surface area (Å²) in [6, 6.07) is 4.02. The van der Waals surface area contributed by atoms with Gasteiger partial charge in [-0.1, -0.05) is 0 Å². The van der Waals surface area contributed by atoms with E-state index in [1.165, 1.54) is 0 Å². The molecule has 8 heteroatoms. The molecule has 1 N–H and O–H groups in total. The lowest BCUT2D eigenvalue weighted by atomic mass is 10.0. The molecule has 0 bridgehead atoms. The van der Waals surface area contributed by atoms with Gasteiger partial charge in [-0.2, -0.15) is 5.26 Å². The van der Waals surface area contributed by atoms with E-state index in [2.05, 4.69) is 19.9 Å². The third kappa shape index (κ3) is 3.25. The van der Waals surface area contributed by atoms with E-state index < -0.39 is 0 Å². The molecule has 3 heterocycles. The molecule has 0 aromatic carbocycles. The van der Waals surface area contributed by atoms with Crippen LogP contribution >= 0.6 is 0 Å². The number of pyridine rings is 1. The first-order chi connectivity index (χ1) is 12.7. The highest BCUT2D eigenvalue weighted by molar-refractivity contribution is 5.94.